The minimum absolute atomic E-state index is 0. The number of carbonyl (C=O) groups excluding carboxylic acids is 1. The monoisotopic (exact) mass is 264 g/mol. The standard InChI is InChI=1S/C12H24N2O2.ClH/c1-5-16-9(2)11(15)14-7-6-10(13)12(3,4)8-14;/h9-10H,5-8,13H2,1-4H3;1H. The average Bonchev–Trinajstić information content (AvgIpc) is 2.21. The summed E-state index contributed by atoms with van der Waals surface area (Å²) in [4.78, 5) is 13.9. The molecule has 0 spiro atoms. The third-order valence-electron chi connectivity index (χ3n) is 3.39. The molecule has 0 aromatic heterocycles. The van der Waals surface area contributed by atoms with E-state index in [9.17, 15) is 4.79 Å². The summed E-state index contributed by atoms with van der Waals surface area (Å²) in [6, 6.07) is 0.180. The van der Waals surface area contributed by atoms with E-state index in [0.717, 1.165) is 19.5 Å². The van der Waals surface area contributed by atoms with Crippen LogP contribution in [0.1, 0.15) is 34.1 Å². The predicted molar refractivity (Wildman–Crippen MR) is 71.3 cm³/mol. The van der Waals surface area contributed by atoms with Crippen LogP contribution in [0.25, 0.3) is 0 Å². The molecule has 2 N–H and O–H groups in total. The quantitative estimate of drug-likeness (QED) is 0.839. The first kappa shape index (κ1) is 16.7. The maximum absolute atomic E-state index is 12.0. The summed E-state index contributed by atoms with van der Waals surface area (Å²) in [5, 5.41) is 0. The Morgan fingerprint density at radius 3 is 2.65 bits per heavy atom. The fourth-order valence-corrected chi connectivity index (χ4v) is 2.14. The summed E-state index contributed by atoms with van der Waals surface area (Å²) in [7, 11) is 0. The first-order valence-corrected chi connectivity index (χ1v) is 6.04. The Kier molecular flexibility index (Phi) is 6.45. The SMILES string of the molecule is CCOC(C)C(=O)N1CCC(N)C(C)(C)C1.Cl. The van der Waals surface area contributed by atoms with Crippen LogP contribution in [0, 0.1) is 5.41 Å². The molecule has 1 fully saturated rings. The van der Waals surface area contributed by atoms with Gasteiger partial charge in [-0.15, -0.1) is 12.4 Å². The number of likely N-dealkylation sites (tertiary alicyclic amines) is 1. The lowest BCUT2D eigenvalue weighted by Crippen LogP contribution is -2.55. The van der Waals surface area contributed by atoms with Gasteiger partial charge in [0.1, 0.15) is 6.10 Å². The highest BCUT2D eigenvalue weighted by Crippen LogP contribution is 2.28. The van der Waals surface area contributed by atoms with Crippen LogP contribution in [0.2, 0.25) is 0 Å². The van der Waals surface area contributed by atoms with Crippen molar-refractivity contribution in [3.05, 3.63) is 0 Å². The summed E-state index contributed by atoms with van der Waals surface area (Å²) < 4.78 is 5.33. The van der Waals surface area contributed by atoms with Crippen molar-refractivity contribution >= 4 is 18.3 Å². The highest BCUT2D eigenvalue weighted by molar-refractivity contribution is 5.85. The second-order valence-electron chi connectivity index (χ2n) is 5.24. The van der Waals surface area contributed by atoms with Gasteiger partial charge in [0.2, 0.25) is 0 Å². The van der Waals surface area contributed by atoms with Crippen molar-refractivity contribution in [3.63, 3.8) is 0 Å². The van der Waals surface area contributed by atoms with E-state index in [0.29, 0.717) is 6.61 Å². The van der Waals surface area contributed by atoms with Crippen LogP contribution in [0.5, 0.6) is 0 Å². The fraction of sp³-hybridized carbons (Fsp3) is 0.917. The molecule has 0 radical (unpaired) electrons. The Morgan fingerprint density at radius 1 is 1.59 bits per heavy atom. The predicted octanol–water partition coefficient (Wildman–Crippen LogP) is 1.42. The molecule has 1 heterocycles. The Bertz CT molecular complexity index is 259. The molecule has 1 amide bonds. The number of amides is 1. The number of ether oxygens (including phenoxy) is 1. The number of piperidine rings is 1. The number of rotatable bonds is 3. The molecule has 2 atom stereocenters. The number of carbonyl (C=O) groups is 1. The van der Waals surface area contributed by atoms with Crippen molar-refractivity contribution < 1.29 is 9.53 Å². The van der Waals surface area contributed by atoms with Crippen molar-refractivity contribution in [3.8, 4) is 0 Å². The molecule has 1 aliphatic heterocycles. The topological polar surface area (TPSA) is 55.6 Å². The minimum atomic E-state index is -0.338. The molecule has 1 rings (SSSR count). The summed E-state index contributed by atoms with van der Waals surface area (Å²) in [5.41, 5.74) is 6.04. The zero-order valence-electron chi connectivity index (χ0n) is 11.2. The van der Waals surface area contributed by atoms with Crippen molar-refractivity contribution in [1.29, 1.82) is 0 Å². The van der Waals surface area contributed by atoms with E-state index in [2.05, 4.69) is 13.8 Å². The molecule has 0 aliphatic carbocycles. The number of hydrogen-bond donors (Lipinski definition) is 1. The van der Waals surface area contributed by atoms with Crippen molar-refractivity contribution in [1.82, 2.24) is 4.90 Å². The molecule has 0 aromatic carbocycles. The van der Waals surface area contributed by atoms with E-state index in [1.54, 1.807) is 0 Å². The van der Waals surface area contributed by atoms with E-state index in [1.165, 1.54) is 0 Å². The summed E-state index contributed by atoms with van der Waals surface area (Å²) in [6.45, 7) is 9.99. The molecular weight excluding hydrogens is 240 g/mol. The van der Waals surface area contributed by atoms with E-state index < -0.39 is 0 Å². The van der Waals surface area contributed by atoms with Gasteiger partial charge >= 0.3 is 0 Å². The maximum atomic E-state index is 12.0. The van der Waals surface area contributed by atoms with Gasteiger partial charge in [-0.1, -0.05) is 13.8 Å². The van der Waals surface area contributed by atoms with E-state index >= 15 is 0 Å². The molecule has 102 valence electrons. The maximum Gasteiger partial charge on any atom is 0.251 e. The first-order valence-electron chi connectivity index (χ1n) is 6.04. The van der Waals surface area contributed by atoms with Crippen molar-refractivity contribution in [2.24, 2.45) is 11.1 Å². The van der Waals surface area contributed by atoms with Gasteiger partial charge in [0.05, 0.1) is 0 Å². The van der Waals surface area contributed by atoms with Crippen LogP contribution in [-0.4, -0.2) is 42.6 Å². The van der Waals surface area contributed by atoms with Gasteiger partial charge in [0.25, 0.3) is 5.91 Å². The third-order valence-corrected chi connectivity index (χ3v) is 3.39. The van der Waals surface area contributed by atoms with E-state index in [4.69, 9.17) is 10.5 Å². The Labute approximate surface area is 110 Å². The van der Waals surface area contributed by atoms with Crippen LogP contribution in [0.15, 0.2) is 0 Å². The first-order chi connectivity index (χ1) is 7.38. The molecule has 2 unspecified atom stereocenters. The minimum Gasteiger partial charge on any atom is -0.369 e. The molecule has 0 aromatic rings. The lowest BCUT2D eigenvalue weighted by atomic mass is 9.79. The Morgan fingerprint density at radius 2 is 2.18 bits per heavy atom. The van der Waals surface area contributed by atoms with Crippen LogP contribution < -0.4 is 5.73 Å². The van der Waals surface area contributed by atoms with Gasteiger partial charge in [0.15, 0.2) is 0 Å². The van der Waals surface area contributed by atoms with Gasteiger partial charge in [-0.3, -0.25) is 4.79 Å². The molecule has 17 heavy (non-hydrogen) atoms. The lowest BCUT2D eigenvalue weighted by molar-refractivity contribution is -0.145. The molecule has 1 aliphatic rings. The summed E-state index contributed by atoms with van der Waals surface area (Å²) in [6.07, 6.45) is 0.535. The van der Waals surface area contributed by atoms with Crippen LogP contribution in [0.3, 0.4) is 0 Å². The number of halogens is 1. The summed E-state index contributed by atoms with van der Waals surface area (Å²) in [5.74, 6) is 0.0850. The van der Waals surface area contributed by atoms with Crippen LogP contribution in [-0.2, 0) is 9.53 Å². The highest BCUT2D eigenvalue weighted by Gasteiger charge is 2.36. The molecule has 0 saturated carbocycles. The third kappa shape index (κ3) is 4.12. The molecule has 4 nitrogen and oxygen atoms in total. The lowest BCUT2D eigenvalue weighted by Gasteiger charge is -2.43. The van der Waals surface area contributed by atoms with Gasteiger partial charge in [-0.05, 0) is 25.7 Å². The normalized spacial score (nSPS) is 25.0. The summed E-state index contributed by atoms with van der Waals surface area (Å²) >= 11 is 0. The van der Waals surface area contributed by atoms with Crippen LogP contribution >= 0.6 is 12.4 Å². The molecule has 5 heteroatoms. The highest BCUT2D eigenvalue weighted by atomic mass is 35.5. The van der Waals surface area contributed by atoms with Gasteiger partial charge in [0, 0.05) is 25.7 Å². The van der Waals surface area contributed by atoms with Gasteiger partial charge in [-0.25, -0.2) is 0 Å². The number of nitrogens with two attached hydrogens (primary N) is 1. The molecular formula is C12H25ClN2O2. The second-order valence-corrected chi connectivity index (χ2v) is 5.24. The Hall–Kier alpha value is -0.320. The van der Waals surface area contributed by atoms with Crippen molar-refractivity contribution in [2.75, 3.05) is 19.7 Å². The number of hydrogen-bond acceptors (Lipinski definition) is 3. The largest absolute Gasteiger partial charge is 0.369 e. The fourth-order valence-electron chi connectivity index (χ4n) is 2.14. The molecule has 1 saturated heterocycles. The zero-order chi connectivity index (χ0) is 12.3. The van der Waals surface area contributed by atoms with Gasteiger partial charge < -0.3 is 15.4 Å². The average molecular weight is 265 g/mol. The van der Waals surface area contributed by atoms with E-state index in [-0.39, 0.29) is 35.9 Å². The second kappa shape index (κ2) is 6.57. The zero-order valence-corrected chi connectivity index (χ0v) is 12.0. The number of nitrogens with zero attached hydrogens (tertiary/aromatic N) is 1. The van der Waals surface area contributed by atoms with E-state index in [1.807, 2.05) is 18.7 Å². The smallest absolute Gasteiger partial charge is 0.251 e. The van der Waals surface area contributed by atoms with Crippen molar-refractivity contribution in [2.45, 2.75) is 46.3 Å². The van der Waals surface area contributed by atoms with Gasteiger partial charge in [-0.2, -0.15) is 0 Å². The molecule has 0 bridgehead atoms. The van der Waals surface area contributed by atoms with Crippen LogP contribution in [0.4, 0.5) is 0 Å². The Balaban J connectivity index is 0.00000256.